The highest BCUT2D eigenvalue weighted by Gasteiger charge is 2.27. The lowest BCUT2D eigenvalue weighted by Gasteiger charge is -2.32. The first-order chi connectivity index (χ1) is 14.2. The van der Waals surface area contributed by atoms with Gasteiger partial charge in [-0.1, -0.05) is 18.2 Å². The lowest BCUT2D eigenvalue weighted by Crippen LogP contribution is -2.39. The van der Waals surface area contributed by atoms with Crippen LogP contribution >= 0.6 is 0 Å². The minimum Gasteiger partial charge on any atom is -0.358 e. The number of aromatic nitrogens is 3. The van der Waals surface area contributed by atoms with Crippen LogP contribution in [0.1, 0.15) is 47.1 Å². The van der Waals surface area contributed by atoms with E-state index in [0.717, 1.165) is 73.4 Å². The second kappa shape index (κ2) is 7.59. The molecule has 2 aliphatic rings. The largest absolute Gasteiger partial charge is 0.358 e. The molecule has 2 N–H and O–H groups in total. The number of hydrogen-bond acceptors (Lipinski definition) is 4. The Balaban J connectivity index is 1.24. The van der Waals surface area contributed by atoms with Crippen LogP contribution in [0.15, 0.2) is 30.5 Å². The summed E-state index contributed by atoms with van der Waals surface area (Å²) in [4.78, 5) is 27.9. The van der Waals surface area contributed by atoms with Crippen LogP contribution in [0.2, 0.25) is 0 Å². The molecule has 1 aromatic carbocycles. The highest BCUT2D eigenvalue weighted by atomic mass is 16.2. The Morgan fingerprint density at radius 2 is 2.07 bits per heavy atom. The molecule has 0 saturated carbocycles. The summed E-state index contributed by atoms with van der Waals surface area (Å²) in [6.07, 6.45) is 5.31. The van der Waals surface area contributed by atoms with Crippen molar-refractivity contribution in [1.29, 1.82) is 0 Å². The number of H-pyrrole nitrogens is 1. The van der Waals surface area contributed by atoms with E-state index in [1.807, 2.05) is 23.2 Å². The molecule has 3 aromatic rings. The van der Waals surface area contributed by atoms with E-state index in [4.69, 9.17) is 4.98 Å². The second-order valence-electron chi connectivity index (χ2n) is 8.23. The fourth-order valence-electron chi connectivity index (χ4n) is 4.66. The Kier molecular flexibility index (Phi) is 4.79. The second-order valence-corrected chi connectivity index (χ2v) is 8.23. The quantitative estimate of drug-likeness (QED) is 0.722. The third-order valence-electron chi connectivity index (χ3n) is 6.39. The number of para-hydroxylation sites is 1. The zero-order chi connectivity index (χ0) is 19.8. The van der Waals surface area contributed by atoms with E-state index in [1.165, 1.54) is 11.3 Å². The van der Waals surface area contributed by atoms with Gasteiger partial charge in [-0.05, 0) is 31.4 Å². The number of hydrogen-bond donors (Lipinski definition) is 2. The maximum absolute atomic E-state index is 13.0. The molecule has 6 heteroatoms. The molecule has 0 atom stereocenters. The van der Waals surface area contributed by atoms with Gasteiger partial charge in [0.1, 0.15) is 5.82 Å². The average molecular weight is 390 g/mol. The SMILES string of the molecule is Cc1[nH]c2ccccc2c1CC(=O)N1CCC(c2ncc3c(n2)CCNC3)CC1. The van der Waals surface area contributed by atoms with Gasteiger partial charge in [-0.3, -0.25) is 4.79 Å². The molecule has 1 amide bonds. The van der Waals surface area contributed by atoms with Gasteiger partial charge in [-0.2, -0.15) is 0 Å². The molecule has 0 bridgehead atoms. The smallest absolute Gasteiger partial charge is 0.227 e. The highest BCUT2D eigenvalue weighted by molar-refractivity contribution is 5.90. The molecule has 1 fully saturated rings. The average Bonchev–Trinajstić information content (AvgIpc) is 3.08. The molecule has 1 saturated heterocycles. The van der Waals surface area contributed by atoms with E-state index >= 15 is 0 Å². The van der Waals surface area contributed by atoms with Gasteiger partial charge in [-0.25, -0.2) is 9.97 Å². The molecule has 2 aliphatic heterocycles. The van der Waals surface area contributed by atoms with Gasteiger partial charge in [0.25, 0.3) is 0 Å². The van der Waals surface area contributed by atoms with Gasteiger partial charge in [0.05, 0.1) is 6.42 Å². The predicted molar refractivity (Wildman–Crippen MR) is 113 cm³/mol. The van der Waals surface area contributed by atoms with Crippen LogP contribution in [0.25, 0.3) is 10.9 Å². The predicted octanol–water partition coefficient (Wildman–Crippen LogP) is 2.86. The summed E-state index contributed by atoms with van der Waals surface area (Å²) in [7, 11) is 0. The van der Waals surface area contributed by atoms with Crippen LogP contribution in [-0.4, -0.2) is 45.4 Å². The van der Waals surface area contributed by atoms with Gasteiger partial charge in [0, 0.05) is 72.6 Å². The number of piperidine rings is 1. The normalized spacial score (nSPS) is 17.5. The van der Waals surface area contributed by atoms with Crippen molar-refractivity contribution in [2.24, 2.45) is 0 Å². The monoisotopic (exact) mass is 389 g/mol. The topological polar surface area (TPSA) is 73.9 Å². The van der Waals surface area contributed by atoms with Crippen LogP contribution in [0.3, 0.4) is 0 Å². The van der Waals surface area contributed by atoms with E-state index in [0.29, 0.717) is 12.3 Å². The summed E-state index contributed by atoms with van der Waals surface area (Å²) in [5.74, 6) is 1.54. The lowest BCUT2D eigenvalue weighted by atomic mass is 9.94. The first-order valence-corrected chi connectivity index (χ1v) is 10.6. The van der Waals surface area contributed by atoms with Gasteiger partial charge in [-0.15, -0.1) is 0 Å². The third-order valence-corrected chi connectivity index (χ3v) is 6.39. The van der Waals surface area contributed by atoms with Gasteiger partial charge < -0.3 is 15.2 Å². The summed E-state index contributed by atoms with van der Waals surface area (Å²) < 4.78 is 0. The Morgan fingerprint density at radius 1 is 1.24 bits per heavy atom. The molecule has 0 spiro atoms. The maximum atomic E-state index is 13.0. The van der Waals surface area contributed by atoms with Crippen molar-refractivity contribution in [2.75, 3.05) is 19.6 Å². The number of rotatable bonds is 3. The number of carbonyl (C=O) groups excluding carboxylic acids is 1. The van der Waals surface area contributed by atoms with Crippen LogP contribution in [-0.2, 0) is 24.2 Å². The lowest BCUT2D eigenvalue weighted by molar-refractivity contribution is -0.131. The Bertz CT molecular complexity index is 1050. The summed E-state index contributed by atoms with van der Waals surface area (Å²) >= 11 is 0. The number of likely N-dealkylation sites (tertiary alicyclic amines) is 1. The highest BCUT2D eigenvalue weighted by Crippen LogP contribution is 2.28. The zero-order valence-electron chi connectivity index (χ0n) is 16.9. The number of aryl methyl sites for hydroxylation is 1. The summed E-state index contributed by atoms with van der Waals surface area (Å²) in [6.45, 7) is 5.48. The molecule has 150 valence electrons. The molecule has 2 aromatic heterocycles. The van der Waals surface area contributed by atoms with Gasteiger partial charge in [0.15, 0.2) is 0 Å². The fourth-order valence-corrected chi connectivity index (χ4v) is 4.66. The number of nitrogens with one attached hydrogen (secondary N) is 2. The van der Waals surface area contributed by atoms with Crippen molar-refractivity contribution in [3.05, 3.63) is 58.8 Å². The van der Waals surface area contributed by atoms with Crippen molar-refractivity contribution in [3.8, 4) is 0 Å². The zero-order valence-corrected chi connectivity index (χ0v) is 16.9. The molecule has 4 heterocycles. The van der Waals surface area contributed by atoms with E-state index in [1.54, 1.807) is 0 Å². The molecular formula is C23H27N5O. The minimum atomic E-state index is 0.216. The van der Waals surface area contributed by atoms with Crippen molar-refractivity contribution >= 4 is 16.8 Å². The molecule has 0 aliphatic carbocycles. The number of nitrogens with zero attached hydrogens (tertiary/aromatic N) is 3. The standard InChI is InChI=1S/C23H27N5O/c1-15-19(18-4-2-3-5-21(18)26-15)12-22(29)28-10-7-16(8-11-28)23-25-14-17-13-24-9-6-20(17)27-23/h2-5,14,16,24,26H,6-13H2,1H3. The first kappa shape index (κ1) is 18.3. The van der Waals surface area contributed by atoms with E-state index in [-0.39, 0.29) is 5.91 Å². The molecule has 5 rings (SSSR count). The van der Waals surface area contributed by atoms with Gasteiger partial charge in [0.2, 0.25) is 5.91 Å². The van der Waals surface area contributed by atoms with E-state index in [2.05, 4.69) is 34.3 Å². The molecule has 29 heavy (non-hydrogen) atoms. The Labute approximate surface area is 170 Å². The first-order valence-electron chi connectivity index (χ1n) is 10.6. The van der Waals surface area contributed by atoms with E-state index < -0.39 is 0 Å². The minimum absolute atomic E-state index is 0.216. The molecule has 6 nitrogen and oxygen atoms in total. The fraction of sp³-hybridized carbons (Fsp3) is 0.435. The number of aromatic amines is 1. The Hall–Kier alpha value is -2.73. The maximum Gasteiger partial charge on any atom is 0.227 e. The van der Waals surface area contributed by atoms with Crippen LogP contribution < -0.4 is 5.32 Å². The molecule has 0 unspecified atom stereocenters. The number of benzene rings is 1. The van der Waals surface area contributed by atoms with Gasteiger partial charge >= 0.3 is 0 Å². The number of carbonyl (C=O) groups is 1. The van der Waals surface area contributed by atoms with Crippen molar-refractivity contribution < 1.29 is 4.79 Å². The van der Waals surface area contributed by atoms with E-state index in [9.17, 15) is 4.79 Å². The van der Waals surface area contributed by atoms with Crippen molar-refractivity contribution in [2.45, 2.75) is 45.1 Å². The Morgan fingerprint density at radius 3 is 2.93 bits per heavy atom. The molecule has 0 radical (unpaired) electrons. The summed E-state index contributed by atoms with van der Waals surface area (Å²) in [5, 5.41) is 4.52. The number of fused-ring (bicyclic) bond motifs is 2. The third kappa shape index (κ3) is 3.53. The molecular weight excluding hydrogens is 362 g/mol. The summed E-state index contributed by atoms with van der Waals surface area (Å²) in [5.41, 5.74) is 5.74. The van der Waals surface area contributed by atoms with Crippen molar-refractivity contribution in [3.63, 3.8) is 0 Å². The van der Waals surface area contributed by atoms with Crippen LogP contribution in [0, 0.1) is 6.92 Å². The van der Waals surface area contributed by atoms with Crippen molar-refractivity contribution in [1.82, 2.24) is 25.2 Å². The summed E-state index contributed by atoms with van der Waals surface area (Å²) in [6, 6.07) is 8.21. The van der Waals surface area contributed by atoms with Crippen LogP contribution in [0.4, 0.5) is 0 Å². The van der Waals surface area contributed by atoms with Crippen LogP contribution in [0.5, 0.6) is 0 Å². The number of amides is 1.